The molecule has 8 nitrogen and oxygen atoms in total. The predicted octanol–water partition coefficient (Wildman–Crippen LogP) is 2.51. The first kappa shape index (κ1) is 21.4. The number of hydrogen-bond acceptors (Lipinski definition) is 5. The van der Waals surface area contributed by atoms with Crippen molar-refractivity contribution in [3.05, 3.63) is 54.0 Å². The lowest BCUT2D eigenvalue weighted by Gasteiger charge is -2.15. The van der Waals surface area contributed by atoms with Crippen molar-refractivity contribution in [2.75, 3.05) is 13.2 Å². The van der Waals surface area contributed by atoms with Crippen LogP contribution in [0.15, 0.2) is 47.1 Å². The summed E-state index contributed by atoms with van der Waals surface area (Å²) in [6.07, 6.45) is 2.60. The fourth-order valence-corrected chi connectivity index (χ4v) is 3.10. The number of nitrogens with one attached hydrogen (secondary N) is 2. The molecular weight excluding hydrogens is 386 g/mol. The van der Waals surface area contributed by atoms with Crippen LogP contribution in [0.4, 0.5) is 0 Å². The molecule has 1 aliphatic heterocycles. The van der Waals surface area contributed by atoms with Crippen LogP contribution in [0.2, 0.25) is 0 Å². The molecule has 1 aromatic heterocycles. The smallest absolute Gasteiger partial charge is 0.269 e. The third-order valence-electron chi connectivity index (χ3n) is 4.89. The Hall–Kier alpha value is -3.29. The van der Waals surface area contributed by atoms with Crippen molar-refractivity contribution in [2.45, 2.75) is 33.2 Å². The topological polar surface area (TPSA) is 101 Å². The molecule has 2 N–H and O–H groups in total. The van der Waals surface area contributed by atoms with Crippen LogP contribution >= 0.6 is 0 Å². The van der Waals surface area contributed by atoms with Crippen molar-refractivity contribution in [1.82, 2.24) is 15.8 Å². The fraction of sp³-hybridized carbons (Fsp3) is 0.409. The lowest BCUT2D eigenvalue weighted by Crippen LogP contribution is -2.45. The number of furan rings is 1. The fourth-order valence-electron chi connectivity index (χ4n) is 3.10. The number of likely N-dealkylation sites (tertiary alicyclic amines) is 1. The van der Waals surface area contributed by atoms with Gasteiger partial charge in [0.2, 0.25) is 11.8 Å². The van der Waals surface area contributed by atoms with Gasteiger partial charge in [-0.25, -0.2) is 0 Å². The molecule has 1 atom stereocenters. The summed E-state index contributed by atoms with van der Waals surface area (Å²) in [5.41, 5.74) is 5.21. The minimum Gasteiger partial charge on any atom is -0.494 e. The van der Waals surface area contributed by atoms with E-state index >= 15 is 0 Å². The highest BCUT2D eigenvalue weighted by Gasteiger charge is 2.34. The molecule has 1 saturated heterocycles. The standard InChI is InChI=1S/C22H27N3O5/c1-15(2)9-11-30-18-7-5-16(6-8-18)21(27)23-24-22(28)17-12-20(26)25(13-17)14-19-4-3-10-29-19/h3-8,10,15,17H,9,11-14H2,1-2H3,(H,23,27)(H,24,28). The Labute approximate surface area is 175 Å². The second kappa shape index (κ2) is 9.96. The monoisotopic (exact) mass is 413 g/mol. The highest BCUT2D eigenvalue weighted by atomic mass is 16.5. The van der Waals surface area contributed by atoms with Gasteiger partial charge in [-0.2, -0.15) is 0 Å². The summed E-state index contributed by atoms with van der Waals surface area (Å²) in [6.45, 7) is 5.49. The first-order valence-electron chi connectivity index (χ1n) is 10.1. The summed E-state index contributed by atoms with van der Waals surface area (Å²) in [6, 6.07) is 10.2. The summed E-state index contributed by atoms with van der Waals surface area (Å²) < 4.78 is 10.9. The van der Waals surface area contributed by atoms with E-state index in [2.05, 4.69) is 24.7 Å². The molecule has 0 saturated carbocycles. The van der Waals surface area contributed by atoms with Crippen LogP contribution in [0.25, 0.3) is 0 Å². The van der Waals surface area contributed by atoms with Gasteiger partial charge in [0.1, 0.15) is 11.5 Å². The predicted molar refractivity (Wildman–Crippen MR) is 109 cm³/mol. The van der Waals surface area contributed by atoms with E-state index in [1.165, 1.54) is 0 Å². The maximum atomic E-state index is 12.4. The van der Waals surface area contributed by atoms with E-state index in [1.54, 1.807) is 47.6 Å². The van der Waals surface area contributed by atoms with E-state index in [-0.39, 0.29) is 18.9 Å². The molecule has 3 amide bonds. The van der Waals surface area contributed by atoms with Gasteiger partial charge in [-0.1, -0.05) is 13.8 Å². The third kappa shape index (κ3) is 5.85. The second-order valence-corrected chi connectivity index (χ2v) is 7.75. The SMILES string of the molecule is CC(C)CCOc1ccc(C(=O)NNC(=O)C2CC(=O)N(Cc3ccco3)C2)cc1. The lowest BCUT2D eigenvalue weighted by molar-refractivity contribution is -0.129. The molecule has 0 radical (unpaired) electrons. The van der Waals surface area contributed by atoms with Gasteiger partial charge in [-0.3, -0.25) is 25.2 Å². The van der Waals surface area contributed by atoms with Crippen molar-refractivity contribution >= 4 is 17.7 Å². The molecule has 0 spiro atoms. The molecule has 1 aliphatic rings. The summed E-state index contributed by atoms with van der Waals surface area (Å²) in [7, 11) is 0. The molecule has 0 aliphatic carbocycles. The Morgan fingerprint density at radius 1 is 1.20 bits per heavy atom. The highest BCUT2D eigenvalue weighted by Crippen LogP contribution is 2.20. The quantitative estimate of drug-likeness (QED) is 0.648. The number of carbonyl (C=O) groups is 3. The van der Waals surface area contributed by atoms with Crippen molar-refractivity contribution in [3.8, 4) is 5.75 Å². The van der Waals surface area contributed by atoms with Crippen molar-refractivity contribution in [2.24, 2.45) is 11.8 Å². The maximum absolute atomic E-state index is 12.4. The first-order valence-corrected chi connectivity index (χ1v) is 10.1. The normalized spacial score (nSPS) is 16.0. The van der Waals surface area contributed by atoms with Gasteiger partial charge in [0.25, 0.3) is 5.91 Å². The van der Waals surface area contributed by atoms with E-state index in [4.69, 9.17) is 9.15 Å². The number of amides is 3. The molecule has 30 heavy (non-hydrogen) atoms. The van der Waals surface area contributed by atoms with Crippen LogP contribution in [0, 0.1) is 11.8 Å². The summed E-state index contributed by atoms with van der Waals surface area (Å²) in [4.78, 5) is 38.3. The zero-order valence-electron chi connectivity index (χ0n) is 17.2. The largest absolute Gasteiger partial charge is 0.494 e. The Bertz CT molecular complexity index is 861. The molecular formula is C22H27N3O5. The van der Waals surface area contributed by atoms with Crippen LogP contribution in [0.5, 0.6) is 5.75 Å². The molecule has 1 aromatic carbocycles. The number of carbonyl (C=O) groups excluding carboxylic acids is 3. The second-order valence-electron chi connectivity index (χ2n) is 7.75. The van der Waals surface area contributed by atoms with Gasteiger partial charge >= 0.3 is 0 Å². The van der Waals surface area contributed by atoms with Crippen molar-refractivity contribution < 1.29 is 23.5 Å². The highest BCUT2D eigenvalue weighted by molar-refractivity contribution is 5.96. The molecule has 2 aromatic rings. The average Bonchev–Trinajstić information content (AvgIpc) is 3.36. The number of hydrazine groups is 1. The van der Waals surface area contributed by atoms with E-state index < -0.39 is 17.7 Å². The zero-order valence-corrected chi connectivity index (χ0v) is 17.2. The number of benzene rings is 1. The number of hydrogen-bond donors (Lipinski definition) is 2. The minimum atomic E-state index is -0.524. The molecule has 3 rings (SSSR count). The minimum absolute atomic E-state index is 0.102. The van der Waals surface area contributed by atoms with E-state index in [0.29, 0.717) is 36.1 Å². The number of rotatable bonds is 8. The van der Waals surface area contributed by atoms with Crippen LogP contribution < -0.4 is 15.6 Å². The van der Waals surface area contributed by atoms with Gasteiger partial charge in [0, 0.05) is 18.5 Å². The van der Waals surface area contributed by atoms with Gasteiger partial charge in [0.15, 0.2) is 0 Å². The molecule has 2 heterocycles. The van der Waals surface area contributed by atoms with Crippen LogP contribution in [-0.2, 0) is 16.1 Å². The third-order valence-corrected chi connectivity index (χ3v) is 4.89. The number of nitrogens with zero attached hydrogens (tertiary/aromatic N) is 1. The van der Waals surface area contributed by atoms with E-state index in [9.17, 15) is 14.4 Å². The lowest BCUT2D eigenvalue weighted by atomic mass is 10.1. The summed E-state index contributed by atoms with van der Waals surface area (Å²) in [5.74, 6) is 0.439. The first-order chi connectivity index (χ1) is 14.4. The van der Waals surface area contributed by atoms with Gasteiger partial charge in [0.05, 0.1) is 25.3 Å². The van der Waals surface area contributed by atoms with Crippen LogP contribution in [0.3, 0.4) is 0 Å². The molecule has 8 heteroatoms. The Balaban J connectivity index is 1.44. The van der Waals surface area contributed by atoms with E-state index in [1.807, 2.05) is 0 Å². The average molecular weight is 413 g/mol. The van der Waals surface area contributed by atoms with Crippen LogP contribution in [0.1, 0.15) is 42.8 Å². The Kier molecular flexibility index (Phi) is 7.11. The maximum Gasteiger partial charge on any atom is 0.269 e. The molecule has 160 valence electrons. The Morgan fingerprint density at radius 2 is 1.97 bits per heavy atom. The zero-order chi connectivity index (χ0) is 21.5. The molecule has 1 unspecified atom stereocenters. The Morgan fingerprint density at radius 3 is 2.63 bits per heavy atom. The van der Waals surface area contributed by atoms with Gasteiger partial charge in [-0.05, 0) is 48.7 Å². The summed E-state index contributed by atoms with van der Waals surface area (Å²) in [5, 5.41) is 0. The summed E-state index contributed by atoms with van der Waals surface area (Å²) >= 11 is 0. The van der Waals surface area contributed by atoms with Gasteiger partial charge in [-0.15, -0.1) is 0 Å². The van der Waals surface area contributed by atoms with Crippen LogP contribution in [-0.4, -0.2) is 35.8 Å². The van der Waals surface area contributed by atoms with Gasteiger partial charge < -0.3 is 14.1 Å². The molecule has 1 fully saturated rings. The van der Waals surface area contributed by atoms with Crippen molar-refractivity contribution in [1.29, 1.82) is 0 Å². The number of ether oxygens (including phenoxy) is 1. The van der Waals surface area contributed by atoms with E-state index in [0.717, 1.165) is 6.42 Å². The van der Waals surface area contributed by atoms with Crippen molar-refractivity contribution in [3.63, 3.8) is 0 Å². The molecule has 0 bridgehead atoms.